The lowest BCUT2D eigenvalue weighted by Gasteiger charge is -2.32. The van der Waals surface area contributed by atoms with Gasteiger partial charge in [0.1, 0.15) is 0 Å². The minimum atomic E-state index is -0.291. The van der Waals surface area contributed by atoms with Gasteiger partial charge in [0.25, 0.3) is 0 Å². The lowest BCUT2D eigenvalue weighted by molar-refractivity contribution is 0.00578. The van der Waals surface area contributed by atoms with Crippen molar-refractivity contribution in [3.63, 3.8) is 0 Å². The highest BCUT2D eigenvalue weighted by molar-refractivity contribution is 6.62. The van der Waals surface area contributed by atoms with Crippen LogP contribution in [0, 0.1) is 0 Å². The lowest BCUT2D eigenvalue weighted by Crippen LogP contribution is -2.41. The van der Waals surface area contributed by atoms with Gasteiger partial charge < -0.3 is 15.0 Å². The smallest absolute Gasteiger partial charge is 0.399 e. The first kappa shape index (κ1) is 14.6. The maximum absolute atomic E-state index is 6.03. The normalized spacial score (nSPS) is 22.5. The van der Waals surface area contributed by atoms with E-state index in [0.29, 0.717) is 12.5 Å². The van der Waals surface area contributed by atoms with Crippen LogP contribution < -0.4 is 11.2 Å². The third-order valence-corrected chi connectivity index (χ3v) is 4.38. The Balaban J connectivity index is 2.17. The van der Waals surface area contributed by atoms with E-state index in [1.807, 2.05) is 0 Å². The molecule has 0 aromatic heterocycles. The molecule has 1 saturated heterocycles. The van der Waals surface area contributed by atoms with Crippen LogP contribution in [0.2, 0.25) is 0 Å². The Hall–Kier alpha value is -0.835. The Morgan fingerprint density at radius 1 is 1.05 bits per heavy atom. The van der Waals surface area contributed by atoms with Gasteiger partial charge in [0, 0.05) is 0 Å². The first-order chi connectivity index (χ1) is 8.77. The van der Waals surface area contributed by atoms with Crippen LogP contribution in [0.25, 0.3) is 0 Å². The molecule has 104 valence electrons. The summed E-state index contributed by atoms with van der Waals surface area (Å²) in [6.45, 7) is 11.1. The number of hydrogen-bond donors (Lipinski definition) is 1. The zero-order valence-electron chi connectivity index (χ0n) is 12.6. The molecule has 1 atom stereocenters. The van der Waals surface area contributed by atoms with E-state index in [4.69, 9.17) is 15.0 Å². The van der Waals surface area contributed by atoms with Crippen LogP contribution in [0.15, 0.2) is 24.3 Å². The minimum Gasteiger partial charge on any atom is -0.399 e. The number of benzene rings is 1. The maximum atomic E-state index is 6.03. The third kappa shape index (κ3) is 2.71. The fourth-order valence-corrected chi connectivity index (χ4v) is 2.10. The van der Waals surface area contributed by atoms with Gasteiger partial charge in [-0.15, -0.1) is 0 Å². The molecule has 0 spiro atoms. The molecule has 0 bridgehead atoms. The molecule has 1 unspecified atom stereocenters. The van der Waals surface area contributed by atoms with Crippen LogP contribution >= 0.6 is 0 Å². The Bertz CT molecular complexity index is 426. The molecule has 0 saturated carbocycles. The quantitative estimate of drug-likeness (QED) is 0.847. The predicted octanol–water partition coefficient (Wildman–Crippen LogP) is 2.05. The molecule has 0 radical (unpaired) electrons. The van der Waals surface area contributed by atoms with Crippen LogP contribution in [0.3, 0.4) is 0 Å². The highest BCUT2D eigenvalue weighted by Gasteiger charge is 2.51. The van der Waals surface area contributed by atoms with Crippen molar-refractivity contribution in [2.75, 3.05) is 6.54 Å². The summed E-state index contributed by atoms with van der Waals surface area (Å²) in [5.74, 6) is 0.382. The van der Waals surface area contributed by atoms with E-state index in [1.54, 1.807) is 0 Å². The topological polar surface area (TPSA) is 44.5 Å². The average Bonchev–Trinajstić information content (AvgIpc) is 2.58. The maximum Gasteiger partial charge on any atom is 0.494 e. The average molecular weight is 261 g/mol. The molecule has 19 heavy (non-hydrogen) atoms. The second kappa shape index (κ2) is 4.93. The van der Waals surface area contributed by atoms with E-state index in [2.05, 4.69) is 58.9 Å². The summed E-state index contributed by atoms with van der Waals surface area (Å²) < 4.78 is 12.1. The molecule has 0 aliphatic carbocycles. The molecule has 1 aliphatic rings. The first-order valence-corrected chi connectivity index (χ1v) is 6.92. The SMILES string of the molecule is CC(CN)c1ccc(B2OC(C)(C)C(C)(C)O2)cc1. The summed E-state index contributed by atoms with van der Waals surface area (Å²) in [7, 11) is -0.285. The number of nitrogens with two attached hydrogens (primary N) is 1. The fraction of sp³-hybridized carbons (Fsp3) is 0.600. The second-order valence-electron chi connectivity index (χ2n) is 6.39. The van der Waals surface area contributed by atoms with E-state index in [9.17, 15) is 0 Å². The van der Waals surface area contributed by atoms with Crippen LogP contribution in [0.4, 0.5) is 0 Å². The largest absolute Gasteiger partial charge is 0.494 e. The number of rotatable bonds is 3. The summed E-state index contributed by atoms with van der Waals surface area (Å²) in [4.78, 5) is 0. The molecule has 0 amide bonds. The number of hydrogen-bond acceptors (Lipinski definition) is 3. The van der Waals surface area contributed by atoms with Crippen LogP contribution in [0.1, 0.15) is 46.1 Å². The highest BCUT2D eigenvalue weighted by atomic mass is 16.7. The zero-order valence-corrected chi connectivity index (χ0v) is 12.6. The van der Waals surface area contributed by atoms with Crippen molar-refractivity contribution < 1.29 is 9.31 Å². The molecule has 1 fully saturated rings. The van der Waals surface area contributed by atoms with Crippen molar-refractivity contribution >= 4 is 12.6 Å². The van der Waals surface area contributed by atoms with Crippen molar-refractivity contribution in [2.45, 2.75) is 51.7 Å². The van der Waals surface area contributed by atoms with Gasteiger partial charge in [-0.2, -0.15) is 0 Å². The second-order valence-corrected chi connectivity index (χ2v) is 6.39. The third-order valence-electron chi connectivity index (χ3n) is 4.38. The van der Waals surface area contributed by atoms with Gasteiger partial charge in [-0.05, 0) is 51.2 Å². The molecule has 1 aromatic rings. The van der Waals surface area contributed by atoms with Crippen LogP contribution in [-0.2, 0) is 9.31 Å². The molecule has 1 heterocycles. The van der Waals surface area contributed by atoms with Gasteiger partial charge >= 0.3 is 7.12 Å². The Morgan fingerprint density at radius 3 is 1.95 bits per heavy atom. The van der Waals surface area contributed by atoms with Gasteiger partial charge in [-0.1, -0.05) is 31.2 Å². The minimum absolute atomic E-state index is 0.285. The summed E-state index contributed by atoms with van der Waals surface area (Å²) in [5.41, 5.74) is 7.42. The van der Waals surface area contributed by atoms with Crippen molar-refractivity contribution in [3.05, 3.63) is 29.8 Å². The first-order valence-electron chi connectivity index (χ1n) is 6.92. The Kier molecular flexibility index (Phi) is 3.78. The molecular formula is C15H24BNO2. The van der Waals surface area contributed by atoms with Crippen molar-refractivity contribution in [1.29, 1.82) is 0 Å². The molecule has 4 heteroatoms. The van der Waals surface area contributed by atoms with Crippen LogP contribution in [-0.4, -0.2) is 24.9 Å². The van der Waals surface area contributed by atoms with Gasteiger partial charge in [-0.25, -0.2) is 0 Å². The summed E-state index contributed by atoms with van der Waals surface area (Å²) in [5, 5.41) is 0. The highest BCUT2D eigenvalue weighted by Crippen LogP contribution is 2.36. The van der Waals surface area contributed by atoms with E-state index in [1.165, 1.54) is 5.56 Å². The lowest BCUT2D eigenvalue weighted by atomic mass is 9.78. The van der Waals surface area contributed by atoms with Crippen LogP contribution in [0.5, 0.6) is 0 Å². The summed E-state index contributed by atoms with van der Waals surface area (Å²) in [6.07, 6.45) is 0. The molecule has 1 aliphatic heterocycles. The molecule has 2 rings (SSSR count). The fourth-order valence-electron chi connectivity index (χ4n) is 2.10. The molecular weight excluding hydrogens is 237 g/mol. The van der Waals surface area contributed by atoms with Gasteiger partial charge in [-0.3, -0.25) is 0 Å². The van der Waals surface area contributed by atoms with E-state index in [0.717, 1.165) is 5.46 Å². The van der Waals surface area contributed by atoms with Gasteiger partial charge in [0.15, 0.2) is 0 Å². The molecule has 1 aromatic carbocycles. The van der Waals surface area contributed by atoms with Gasteiger partial charge in [0.05, 0.1) is 11.2 Å². The molecule has 3 nitrogen and oxygen atoms in total. The Labute approximate surface area is 116 Å². The van der Waals surface area contributed by atoms with E-state index in [-0.39, 0.29) is 18.3 Å². The van der Waals surface area contributed by atoms with E-state index >= 15 is 0 Å². The van der Waals surface area contributed by atoms with E-state index < -0.39 is 0 Å². The van der Waals surface area contributed by atoms with Gasteiger partial charge in [0.2, 0.25) is 0 Å². The zero-order chi connectivity index (χ0) is 14.3. The predicted molar refractivity (Wildman–Crippen MR) is 79.6 cm³/mol. The molecule has 2 N–H and O–H groups in total. The standard InChI is InChI=1S/C15H24BNO2/c1-11(10-17)12-6-8-13(9-7-12)16-18-14(2,3)15(4,5)19-16/h6-9,11H,10,17H2,1-5H3. The van der Waals surface area contributed by atoms with Crippen molar-refractivity contribution in [1.82, 2.24) is 0 Å². The Morgan fingerprint density at radius 2 is 1.53 bits per heavy atom. The van der Waals surface area contributed by atoms with Crippen molar-refractivity contribution in [2.24, 2.45) is 5.73 Å². The monoisotopic (exact) mass is 261 g/mol. The summed E-state index contributed by atoms with van der Waals surface area (Å²) in [6, 6.07) is 8.36. The van der Waals surface area contributed by atoms with Crippen molar-refractivity contribution in [3.8, 4) is 0 Å². The summed E-state index contributed by atoms with van der Waals surface area (Å²) >= 11 is 0.